The highest BCUT2D eigenvalue weighted by Crippen LogP contribution is 2.16. The van der Waals surface area contributed by atoms with Gasteiger partial charge in [-0.2, -0.15) is 0 Å². The summed E-state index contributed by atoms with van der Waals surface area (Å²) in [6, 6.07) is 9.22. The molecule has 86 valence electrons. The molecule has 2 aromatic rings. The van der Waals surface area contributed by atoms with E-state index in [0.29, 0.717) is 11.3 Å². The van der Waals surface area contributed by atoms with Crippen molar-refractivity contribution in [3.05, 3.63) is 41.6 Å². The standard InChI is InChI=1S/C13H11NO3/c1-9(16)17-8-13-11(7-15)6-10-4-2-3-5-12(10)14-13/h2-7H,8H2,1H3. The smallest absolute Gasteiger partial charge is 0.303 e. The Kier molecular flexibility index (Phi) is 3.14. The Labute approximate surface area is 98.2 Å². The van der Waals surface area contributed by atoms with E-state index in [1.807, 2.05) is 24.3 Å². The van der Waals surface area contributed by atoms with E-state index >= 15 is 0 Å². The summed E-state index contributed by atoms with van der Waals surface area (Å²) in [6.07, 6.45) is 0.721. The number of hydrogen-bond donors (Lipinski definition) is 0. The molecule has 0 bridgehead atoms. The highest BCUT2D eigenvalue weighted by atomic mass is 16.5. The minimum Gasteiger partial charge on any atom is -0.459 e. The Balaban J connectivity index is 2.45. The maximum Gasteiger partial charge on any atom is 0.303 e. The van der Waals surface area contributed by atoms with E-state index < -0.39 is 5.97 Å². The zero-order valence-electron chi connectivity index (χ0n) is 9.34. The van der Waals surface area contributed by atoms with Gasteiger partial charge in [0.25, 0.3) is 0 Å². The van der Waals surface area contributed by atoms with Gasteiger partial charge in [0.1, 0.15) is 6.61 Å². The third kappa shape index (κ3) is 2.47. The summed E-state index contributed by atoms with van der Waals surface area (Å²) < 4.78 is 4.86. The van der Waals surface area contributed by atoms with E-state index in [1.165, 1.54) is 6.92 Å². The SMILES string of the molecule is CC(=O)OCc1nc2ccccc2cc1C=O. The highest BCUT2D eigenvalue weighted by molar-refractivity contribution is 5.87. The Bertz CT molecular complexity index is 578. The number of carbonyl (C=O) groups is 2. The van der Waals surface area contributed by atoms with E-state index in [4.69, 9.17) is 4.74 Å². The first-order valence-corrected chi connectivity index (χ1v) is 5.18. The molecule has 0 saturated heterocycles. The largest absolute Gasteiger partial charge is 0.459 e. The number of rotatable bonds is 3. The number of aromatic nitrogens is 1. The van der Waals surface area contributed by atoms with Crippen molar-refractivity contribution < 1.29 is 14.3 Å². The molecule has 0 spiro atoms. The molecule has 0 fully saturated rings. The summed E-state index contributed by atoms with van der Waals surface area (Å²) in [7, 11) is 0. The lowest BCUT2D eigenvalue weighted by atomic mass is 10.1. The quantitative estimate of drug-likeness (QED) is 0.597. The van der Waals surface area contributed by atoms with Gasteiger partial charge in [0, 0.05) is 17.9 Å². The minimum absolute atomic E-state index is 0.0221. The molecular formula is C13H11NO3. The van der Waals surface area contributed by atoms with Crippen molar-refractivity contribution in [1.82, 2.24) is 4.98 Å². The molecule has 2 rings (SSSR count). The Morgan fingerprint density at radius 3 is 2.88 bits per heavy atom. The molecule has 1 aromatic carbocycles. The Morgan fingerprint density at radius 2 is 2.18 bits per heavy atom. The van der Waals surface area contributed by atoms with E-state index in [0.717, 1.165) is 17.2 Å². The van der Waals surface area contributed by atoms with Gasteiger partial charge in [0.05, 0.1) is 11.2 Å². The Morgan fingerprint density at radius 1 is 1.41 bits per heavy atom. The van der Waals surface area contributed by atoms with Crippen LogP contribution in [0.1, 0.15) is 23.0 Å². The zero-order valence-corrected chi connectivity index (χ0v) is 9.34. The number of nitrogens with zero attached hydrogens (tertiary/aromatic N) is 1. The van der Waals surface area contributed by atoms with E-state index in [2.05, 4.69) is 4.98 Å². The van der Waals surface area contributed by atoms with Gasteiger partial charge in [-0.25, -0.2) is 4.98 Å². The number of ether oxygens (including phenoxy) is 1. The van der Waals surface area contributed by atoms with Crippen molar-refractivity contribution in [3.8, 4) is 0 Å². The third-order valence-corrected chi connectivity index (χ3v) is 2.38. The average molecular weight is 229 g/mol. The van der Waals surface area contributed by atoms with Crippen molar-refractivity contribution in [2.75, 3.05) is 0 Å². The van der Waals surface area contributed by atoms with E-state index in [-0.39, 0.29) is 6.61 Å². The fourth-order valence-corrected chi connectivity index (χ4v) is 1.56. The normalized spacial score (nSPS) is 10.2. The zero-order chi connectivity index (χ0) is 12.3. The number of para-hydroxylation sites is 1. The molecular weight excluding hydrogens is 218 g/mol. The van der Waals surface area contributed by atoms with Crippen molar-refractivity contribution in [2.45, 2.75) is 13.5 Å². The molecule has 0 saturated carbocycles. The molecule has 4 heteroatoms. The van der Waals surface area contributed by atoms with Crippen LogP contribution in [0.4, 0.5) is 0 Å². The van der Waals surface area contributed by atoms with Crippen LogP contribution in [-0.2, 0) is 16.1 Å². The lowest BCUT2D eigenvalue weighted by Gasteiger charge is -2.06. The number of benzene rings is 1. The second-order valence-electron chi connectivity index (χ2n) is 3.62. The molecule has 1 aromatic heterocycles. The van der Waals surface area contributed by atoms with Gasteiger partial charge in [-0.05, 0) is 12.1 Å². The van der Waals surface area contributed by atoms with E-state index in [1.54, 1.807) is 6.07 Å². The van der Waals surface area contributed by atoms with Gasteiger partial charge >= 0.3 is 5.97 Å². The van der Waals surface area contributed by atoms with E-state index in [9.17, 15) is 9.59 Å². The number of aldehydes is 1. The molecule has 17 heavy (non-hydrogen) atoms. The second-order valence-corrected chi connectivity index (χ2v) is 3.62. The highest BCUT2D eigenvalue weighted by Gasteiger charge is 2.07. The lowest BCUT2D eigenvalue weighted by Crippen LogP contribution is -2.04. The lowest BCUT2D eigenvalue weighted by molar-refractivity contribution is -0.142. The molecule has 1 heterocycles. The molecule has 0 amide bonds. The fraction of sp³-hybridized carbons (Fsp3) is 0.154. The molecule has 0 aliphatic rings. The van der Waals surface area contributed by atoms with Crippen LogP contribution in [0.2, 0.25) is 0 Å². The second kappa shape index (κ2) is 4.74. The summed E-state index contributed by atoms with van der Waals surface area (Å²) in [5, 5.41) is 0.890. The van der Waals surface area contributed by atoms with Gasteiger partial charge in [-0.15, -0.1) is 0 Å². The number of hydrogen-bond acceptors (Lipinski definition) is 4. The molecule has 0 aliphatic carbocycles. The summed E-state index contributed by atoms with van der Waals surface area (Å²) in [6.45, 7) is 1.34. The molecule has 4 nitrogen and oxygen atoms in total. The van der Waals surface area contributed by atoms with Gasteiger partial charge in [-0.1, -0.05) is 18.2 Å². The average Bonchev–Trinajstić information content (AvgIpc) is 2.35. The number of esters is 1. The van der Waals surface area contributed by atoms with Crippen molar-refractivity contribution >= 4 is 23.2 Å². The first-order valence-electron chi connectivity index (χ1n) is 5.18. The number of pyridine rings is 1. The molecule has 0 atom stereocenters. The van der Waals surface area contributed by atoms with Crippen LogP contribution in [0.5, 0.6) is 0 Å². The van der Waals surface area contributed by atoms with Crippen LogP contribution in [0, 0.1) is 0 Å². The maximum atomic E-state index is 10.9. The van der Waals surface area contributed by atoms with Crippen LogP contribution in [-0.4, -0.2) is 17.2 Å². The first kappa shape index (κ1) is 11.3. The minimum atomic E-state index is -0.392. The molecule has 0 unspecified atom stereocenters. The number of carbonyl (C=O) groups excluding carboxylic acids is 2. The van der Waals surface area contributed by atoms with Crippen molar-refractivity contribution in [1.29, 1.82) is 0 Å². The molecule has 0 radical (unpaired) electrons. The topological polar surface area (TPSA) is 56.3 Å². The van der Waals surface area contributed by atoms with Crippen LogP contribution in [0.25, 0.3) is 10.9 Å². The first-order chi connectivity index (χ1) is 8.20. The summed E-state index contributed by atoms with van der Waals surface area (Å²) in [5.41, 5.74) is 1.71. The van der Waals surface area contributed by atoms with Gasteiger partial charge in [0.15, 0.2) is 6.29 Å². The number of fused-ring (bicyclic) bond motifs is 1. The fourth-order valence-electron chi connectivity index (χ4n) is 1.56. The summed E-state index contributed by atoms with van der Waals surface area (Å²) in [4.78, 5) is 26.0. The predicted octanol–water partition coefficient (Wildman–Crippen LogP) is 2.11. The summed E-state index contributed by atoms with van der Waals surface area (Å²) in [5.74, 6) is -0.392. The van der Waals surface area contributed by atoms with Crippen LogP contribution >= 0.6 is 0 Å². The van der Waals surface area contributed by atoms with Gasteiger partial charge in [-0.3, -0.25) is 9.59 Å². The third-order valence-electron chi connectivity index (χ3n) is 2.38. The monoisotopic (exact) mass is 229 g/mol. The van der Waals surface area contributed by atoms with Crippen molar-refractivity contribution in [2.24, 2.45) is 0 Å². The van der Waals surface area contributed by atoms with Gasteiger partial charge in [0.2, 0.25) is 0 Å². The summed E-state index contributed by atoms with van der Waals surface area (Å²) >= 11 is 0. The van der Waals surface area contributed by atoms with Crippen LogP contribution in [0.3, 0.4) is 0 Å². The van der Waals surface area contributed by atoms with Gasteiger partial charge < -0.3 is 4.74 Å². The Hall–Kier alpha value is -2.23. The maximum absolute atomic E-state index is 10.9. The van der Waals surface area contributed by atoms with Crippen LogP contribution in [0.15, 0.2) is 30.3 Å². The van der Waals surface area contributed by atoms with Crippen LogP contribution < -0.4 is 0 Å². The molecule has 0 aliphatic heterocycles. The molecule has 0 N–H and O–H groups in total. The predicted molar refractivity (Wildman–Crippen MR) is 62.6 cm³/mol. The van der Waals surface area contributed by atoms with Crippen molar-refractivity contribution in [3.63, 3.8) is 0 Å².